The van der Waals surface area contributed by atoms with Crippen LogP contribution in [0.15, 0.2) is 24.3 Å². The van der Waals surface area contributed by atoms with E-state index in [1.54, 1.807) is 12.1 Å². The first-order valence-electron chi connectivity index (χ1n) is 5.04. The predicted octanol–water partition coefficient (Wildman–Crippen LogP) is 1.68. The fourth-order valence-corrected chi connectivity index (χ4v) is 1.43. The number of hydrogen-bond acceptors (Lipinski definition) is 3. The fraction of sp³-hybridized carbons (Fsp3) is 0.455. The lowest BCUT2D eigenvalue weighted by atomic mass is 10.2. The molecule has 0 spiro atoms. The number of benzene rings is 1. The molecule has 1 rings (SSSR count). The number of ether oxygens (including phenoxy) is 1. The van der Waals surface area contributed by atoms with Gasteiger partial charge in [-0.3, -0.25) is 0 Å². The van der Waals surface area contributed by atoms with Gasteiger partial charge in [0.15, 0.2) is 0 Å². The number of rotatable bonds is 6. The van der Waals surface area contributed by atoms with Gasteiger partial charge in [0.25, 0.3) is 0 Å². The van der Waals surface area contributed by atoms with Crippen molar-refractivity contribution in [2.45, 2.75) is 13.2 Å². The monoisotopic (exact) mass is 230 g/mol. The van der Waals surface area contributed by atoms with Crippen LogP contribution in [0.25, 0.3) is 0 Å². The van der Waals surface area contributed by atoms with Gasteiger partial charge in [-0.2, -0.15) is 8.78 Å². The van der Waals surface area contributed by atoms with Crippen LogP contribution in [0.4, 0.5) is 8.78 Å². The van der Waals surface area contributed by atoms with E-state index in [1.807, 2.05) is 18.0 Å². The minimum absolute atomic E-state index is 0.189. The van der Waals surface area contributed by atoms with Gasteiger partial charge in [-0.1, -0.05) is 12.1 Å². The average Bonchev–Trinajstić information content (AvgIpc) is 2.17. The van der Waals surface area contributed by atoms with Gasteiger partial charge in [0.2, 0.25) is 0 Å². The molecule has 0 aromatic heterocycles. The molecule has 0 aliphatic rings. The number of likely N-dealkylation sites (N-methyl/N-ethyl adjacent to an activating group) is 1. The van der Waals surface area contributed by atoms with Gasteiger partial charge in [0, 0.05) is 19.6 Å². The molecular weight excluding hydrogens is 214 g/mol. The quantitative estimate of drug-likeness (QED) is 0.808. The lowest BCUT2D eigenvalue weighted by Gasteiger charge is -2.15. The molecule has 0 saturated heterocycles. The van der Waals surface area contributed by atoms with Crippen molar-refractivity contribution in [1.82, 2.24) is 4.90 Å². The van der Waals surface area contributed by atoms with Crippen LogP contribution in [-0.2, 0) is 6.54 Å². The van der Waals surface area contributed by atoms with E-state index in [2.05, 4.69) is 4.74 Å². The van der Waals surface area contributed by atoms with Crippen molar-refractivity contribution in [3.8, 4) is 5.75 Å². The summed E-state index contributed by atoms with van der Waals surface area (Å²) in [5.74, 6) is 0.189. The SMILES string of the molecule is CN(CCN)Cc1cccc(OC(F)F)c1. The predicted molar refractivity (Wildman–Crippen MR) is 58.5 cm³/mol. The molecule has 1 aromatic rings. The van der Waals surface area contributed by atoms with E-state index in [0.29, 0.717) is 13.1 Å². The maximum Gasteiger partial charge on any atom is 0.387 e. The van der Waals surface area contributed by atoms with Gasteiger partial charge in [-0.05, 0) is 24.7 Å². The van der Waals surface area contributed by atoms with E-state index in [1.165, 1.54) is 6.07 Å². The van der Waals surface area contributed by atoms with E-state index >= 15 is 0 Å². The molecule has 0 heterocycles. The third kappa shape index (κ3) is 4.55. The van der Waals surface area contributed by atoms with Gasteiger partial charge in [-0.15, -0.1) is 0 Å². The molecule has 0 fully saturated rings. The van der Waals surface area contributed by atoms with Gasteiger partial charge in [0.05, 0.1) is 0 Å². The van der Waals surface area contributed by atoms with Crippen LogP contribution in [0.3, 0.4) is 0 Å². The Morgan fingerprint density at radius 3 is 2.81 bits per heavy atom. The first-order valence-corrected chi connectivity index (χ1v) is 5.04. The molecular formula is C11H16F2N2O. The summed E-state index contributed by atoms with van der Waals surface area (Å²) in [5, 5.41) is 0. The Morgan fingerprint density at radius 2 is 2.19 bits per heavy atom. The van der Waals surface area contributed by atoms with Crippen molar-refractivity contribution in [2.75, 3.05) is 20.1 Å². The van der Waals surface area contributed by atoms with E-state index in [4.69, 9.17) is 5.73 Å². The fourth-order valence-electron chi connectivity index (χ4n) is 1.43. The van der Waals surface area contributed by atoms with Crippen LogP contribution in [0.1, 0.15) is 5.56 Å². The largest absolute Gasteiger partial charge is 0.435 e. The Kier molecular flexibility index (Phi) is 5.14. The van der Waals surface area contributed by atoms with Crippen LogP contribution in [0.2, 0.25) is 0 Å². The third-order valence-corrected chi connectivity index (χ3v) is 2.09. The zero-order chi connectivity index (χ0) is 12.0. The number of nitrogens with zero attached hydrogens (tertiary/aromatic N) is 1. The van der Waals surface area contributed by atoms with Crippen LogP contribution >= 0.6 is 0 Å². The second-order valence-electron chi connectivity index (χ2n) is 3.55. The Bertz CT molecular complexity index is 321. The second-order valence-corrected chi connectivity index (χ2v) is 3.55. The highest BCUT2D eigenvalue weighted by atomic mass is 19.3. The summed E-state index contributed by atoms with van der Waals surface area (Å²) in [5.41, 5.74) is 6.34. The van der Waals surface area contributed by atoms with E-state index in [-0.39, 0.29) is 5.75 Å². The minimum Gasteiger partial charge on any atom is -0.435 e. The molecule has 1 aromatic carbocycles. The summed E-state index contributed by atoms with van der Waals surface area (Å²) >= 11 is 0. The molecule has 0 aliphatic heterocycles. The molecule has 16 heavy (non-hydrogen) atoms. The van der Waals surface area contributed by atoms with Gasteiger partial charge < -0.3 is 15.4 Å². The summed E-state index contributed by atoms with van der Waals surface area (Å²) in [6, 6.07) is 6.69. The molecule has 5 heteroatoms. The molecule has 3 nitrogen and oxygen atoms in total. The smallest absolute Gasteiger partial charge is 0.387 e. The lowest BCUT2D eigenvalue weighted by molar-refractivity contribution is -0.0498. The Hall–Kier alpha value is -1.20. The average molecular weight is 230 g/mol. The summed E-state index contributed by atoms with van der Waals surface area (Å²) in [6.45, 7) is -0.779. The van der Waals surface area contributed by atoms with Crippen LogP contribution in [-0.4, -0.2) is 31.6 Å². The van der Waals surface area contributed by atoms with Crippen LogP contribution in [0, 0.1) is 0 Å². The Morgan fingerprint density at radius 1 is 1.44 bits per heavy atom. The zero-order valence-electron chi connectivity index (χ0n) is 9.20. The van der Waals surface area contributed by atoms with Gasteiger partial charge in [0.1, 0.15) is 5.75 Å². The first kappa shape index (κ1) is 12.9. The molecule has 0 aliphatic carbocycles. The van der Waals surface area contributed by atoms with Crippen LogP contribution < -0.4 is 10.5 Å². The van der Waals surface area contributed by atoms with Crippen molar-refractivity contribution < 1.29 is 13.5 Å². The summed E-state index contributed by atoms with van der Waals surface area (Å²) in [7, 11) is 1.92. The molecule has 0 bridgehead atoms. The minimum atomic E-state index is -2.78. The standard InChI is InChI=1S/C11H16F2N2O/c1-15(6-5-14)8-9-3-2-4-10(7-9)16-11(12)13/h2-4,7,11H,5-6,8,14H2,1H3. The van der Waals surface area contributed by atoms with Crippen molar-refractivity contribution in [1.29, 1.82) is 0 Å². The van der Waals surface area contributed by atoms with E-state index in [0.717, 1.165) is 12.1 Å². The Balaban J connectivity index is 2.59. The highest BCUT2D eigenvalue weighted by Crippen LogP contribution is 2.16. The third-order valence-electron chi connectivity index (χ3n) is 2.09. The highest BCUT2D eigenvalue weighted by Gasteiger charge is 2.05. The van der Waals surface area contributed by atoms with Crippen molar-refractivity contribution >= 4 is 0 Å². The number of alkyl halides is 2. The molecule has 0 unspecified atom stereocenters. The zero-order valence-corrected chi connectivity index (χ0v) is 9.20. The number of nitrogens with two attached hydrogens (primary N) is 1. The number of halogens is 2. The summed E-state index contributed by atoms with van der Waals surface area (Å²) in [6.07, 6.45) is 0. The topological polar surface area (TPSA) is 38.5 Å². The second kappa shape index (κ2) is 6.40. The van der Waals surface area contributed by atoms with Crippen molar-refractivity contribution in [2.24, 2.45) is 5.73 Å². The van der Waals surface area contributed by atoms with E-state index < -0.39 is 6.61 Å². The summed E-state index contributed by atoms with van der Waals surface area (Å²) < 4.78 is 28.3. The maximum atomic E-state index is 12.0. The highest BCUT2D eigenvalue weighted by molar-refractivity contribution is 5.28. The molecule has 0 atom stereocenters. The van der Waals surface area contributed by atoms with Crippen LogP contribution in [0.5, 0.6) is 5.75 Å². The lowest BCUT2D eigenvalue weighted by Crippen LogP contribution is -2.24. The normalized spacial score (nSPS) is 11.1. The van der Waals surface area contributed by atoms with Gasteiger partial charge >= 0.3 is 6.61 Å². The molecule has 90 valence electrons. The van der Waals surface area contributed by atoms with Gasteiger partial charge in [-0.25, -0.2) is 0 Å². The van der Waals surface area contributed by atoms with E-state index in [9.17, 15) is 8.78 Å². The molecule has 0 amide bonds. The molecule has 0 radical (unpaired) electrons. The van der Waals surface area contributed by atoms with Crippen molar-refractivity contribution in [3.63, 3.8) is 0 Å². The molecule has 2 N–H and O–H groups in total. The Labute approximate surface area is 93.8 Å². The maximum absolute atomic E-state index is 12.0. The number of hydrogen-bond donors (Lipinski definition) is 1. The van der Waals surface area contributed by atoms with Crippen molar-refractivity contribution in [3.05, 3.63) is 29.8 Å². The summed E-state index contributed by atoms with van der Waals surface area (Å²) in [4.78, 5) is 2.02. The first-order chi connectivity index (χ1) is 7.61. The molecule has 0 saturated carbocycles.